The summed E-state index contributed by atoms with van der Waals surface area (Å²) in [6.45, 7) is 0.120. The third-order valence-corrected chi connectivity index (χ3v) is 1.79. The van der Waals surface area contributed by atoms with Gasteiger partial charge in [-0.1, -0.05) is 0 Å². The van der Waals surface area contributed by atoms with Gasteiger partial charge in [-0.05, 0) is 0 Å². The summed E-state index contributed by atoms with van der Waals surface area (Å²) in [5.41, 5.74) is 0. The topological polar surface area (TPSA) is 57.6 Å². The first-order valence-electron chi connectivity index (χ1n) is 3.23. The largest absolute Gasteiger partial charge is 0.480 e. The number of alkyl halides is 1. The van der Waals surface area contributed by atoms with E-state index in [-0.39, 0.29) is 24.2 Å². The minimum absolute atomic E-state index is 0.174. The highest BCUT2D eigenvalue weighted by molar-refractivity contribution is 6.22. The van der Waals surface area contributed by atoms with Gasteiger partial charge in [0.1, 0.15) is 6.54 Å². The van der Waals surface area contributed by atoms with Crippen molar-refractivity contribution >= 4 is 23.5 Å². The van der Waals surface area contributed by atoms with Crippen LogP contribution in [-0.2, 0) is 9.59 Å². The van der Waals surface area contributed by atoms with Gasteiger partial charge in [0.25, 0.3) is 0 Å². The van der Waals surface area contributed by atoms with Crippen molar-refractivity contribution in [1.82, 2.24) is 4.90 Å². The van der Waals surface area contributed by atoms with Crippen LogP contribution in [0, 0.1) is 0 Å². The number of halogens is 1. The van der Waals surface area contributed by atoms with Gasteiger partial charge in [-0.3, -0.25) is 9.59 Å². The number of hydrogen-bond donors (Lipinski definition) is 1. The molecule has 1 aliphatic heterocycles. The Morgan fingerprint density at radius 2 is 2.45 bits per heavy atom. The lowest BCUT2D eigenvalue weighted by Crippen LogP contribution is -2.31. The van der Waals surface area contributed by atoms with E-state index in [4.69, 9.17) is 16.7 Å². The third kappa shape index (κ3) is 2.08. The van der Waals surface area contributed by atoms with Crippen molar-refractivity contribution in [3.8, 4) is 0 Å². The number of nitrogens with zero attached hydrogens (tertiary/aromatic N) is 1. The second-order valence-corrected chi connectivity index (χ2v) is 3.09. The highest BCUT2D eigenvalue weighted by atomic mass is 35.5. The number of hydrogen-bond acceptors (Lipinski definition) is 2. The molecule has 4 nitrogen and oxygen atoms in total. The Labute approximate surface area is 68.7 Å². The molecule has 0 bridgehead atoms. The Kier molecular flexibility index (Phi) is 2.34. The Morgan fingerprint density at radius 3 is 2.82 bits per heavy atom. The number of carboxylic acids is 1. The summed E-state index contributed by atoms with van der Waals surface area (Å²) in [7, 11) is 0. The maximum absolute atomic E-state index is 10.9. The normalized spacial score (nSPS) is 24.3. The molecule has 1 fully saturated rings. The van der Waals surface area contributed by atoms with Gasteiger partial charge in [-0.25, -0.2) is 0 Å². The molecule has 1 atom stereocenters. The van der Waals surface area contributed by atoms with Crippen LogP contribution in [0.1, 0.15) is 6.42 Å². The monoisotopic (exact) mass is 177 g/mol. The minimum atomic E-state index is -0.996. The van der Waals surface area contributed by atoms with Gasteiger partial charge < -0.3 is 10.0 Å². The SMILES string of the molecule is O=C(O)CN1CC(Cl)CC1=O. The molecule has 0 aromatic heterocycles. The van der Waals surface area contributed by atoms with E-state index >= 15 is 0 Å². The van der Waals surface area contributed by atoms with Gasteiger partial charge in [0, 0.05) is 13.0 Å². The van der Waals surface area contributed by atoms with Crippen LogP contribution in [0.2, 0.25) is 0 Å². The Hall–Kier alpha value is -0.770. The molecule has 1 aliphatic rings. The van der Waals surface area contributed by atoms with Crippen molar-refractivity contribution in [1.29, 1.82) is 0 Å². The highest BCUT2D eigenvalue weighted by Gasteiger charge is 2.28. The number of carbonyl (C=O) groups excluding carboxylic acids is 1. The Bertz CT molecular complexity index is 194. The van der Waals surface area contributed by atoms with Crippen LogP contribution in [0.15, 0.2) is 0 Å². The summed E-state index contributed by atoms with van der Waals surface area (Å²) < 4.78 is 0. The van der Waals surface area contributed by atoms with E-state index in [1.165, 1.54) is 4.90 Å². The molecule has 0 radical (unpaired) electrons. The average Bonchev–Trinajstić information content (AvgIpc) is 2.09. The maximum atomic E-state index is 10.9. The van der Waals surface area contributed by atoms with Gasteiger partial charge in [-0.15, -0.1) is 11.6 Å². The zero-order valence-electron chi connectivity index (χ0n) is 5.79. The first kappa shape index (κ1) is 8.33. The first-order valence-corrected chi connectivity index (χ1v) is 3.67. The number of aliphatic carboxylic acids is 1. The van der Waals surface area contributed by atoms with Gasteiger partial charge >= 0.3 is 5.97 Å². The van der Waals surface area contributed by atoms with Gasteiger partial charge in [0.05, 0.1) is 5.38 Å². The van der Waals surface area contributed by atoms with Crippen LogP contribution >= 0.6 is 11.6 Å². The number of carbonyl (C=O) groups is 2. The van der Waals surface area contributed by atoms with E-state index in [1.807, 2.05) is 0 Å². The second-order valence-electron chi connectivity index (χ2n) is 2.47. The van der Waals surface area contributed by atoms with Gasteiger partial charge in [-0.2, -0.15) is 0 Å². The van der Waals surface area contributed by atoms with E-state index in [0.29, 0.717) is 6.54 Å². The molecular formula is C6H8ClNO3. The number of amides is 1. The lowest BCUT2D eigenvalue weighted by atomic mass is 10.4. The molecule has 1 N–H and O–H groups in total. The quantitative estimate of drug-likeness (QED) is 0.600. The fourth-order valence-electron chi connectivity index (χ4n) is 1.04. The lowest BCUT2D eigenvalue weighted by Gasteiger charge is -2.11. The second kappa shape index (κ2) is 3.09. The summed E-state index contributed by atoms with van der Waals surface area (Å²) in [5, 5.41) is 8.12. The third-order valence-electron chi connectivity index (χ3n) is 1.49. The molecule has 0 aliphatic carbocycles. The van der Waals surface area contributed by atoms with E-state index in [0.717, 1.165) is 0 Å². The van der Waals surface area contributed by atoms with Crippen molar-refractivity contribution in [2.45, 2.75) is 11.8 Å². The van der Waals surface area contributed by atoms with Gasteiger partial charge in [0.15, 0.2) is 0 Å². The molecule has 1 saturated heterocycles. The van der Waals surface area contributed by atoms with Gasteiger partial charge in [0.2, 0.25) is 5.91 Å². The summed E-state index contributed by atoms with van der Waals surface area (Å²) in [6, 6.07) is 0. The molecule has 1 unspecified atom stereocenters. The van der Waals surface area contributed by atoms with Crippen molar-refractivity contribution in [3.63, 3.8) is 0 Å². The van der Waals surface area contributed by atoms with E-state index in [1.54, 1.807) is 0 Å². The van der Waals surface area contributed by atoms with Crippen molar-refractivity contribution < 1.29 is 14.7 Å². The molecule has 0 aromatic rings. The lowest BCUT2D eigenvalue weighted by molar-refractivity contribution is -0.142. The molecular weight excluding hydrogens is 170 g/mol. The molecule has 0 spiro atoms. The smallest absolute Gasteiger partial charge is 0.323 e. The van der Waals surface area contributed by atoms with E-state index < -0.39 is 5.97 Å². The highest BCUT2D eigenvalue weighted by Crippen LogP contribution is 2.15. The standard InChI is InChI=1S/C6H8ClNO3/c7-4-1-5(9)8(2-4)3-6(10)11/h4H,1-3H2,(H,10,11). The van der Waals surface area contributed by atoms with Crippen molar-refractivity contribution in [2.75, 3.05) is 13.1 Å². The fraction of sp³-hybridized carbons (Fsp3) is 0.667. The summed E-state index contributed by atoms with van der Waals surface area (Å²) in [6.07, 6.45) is 0.259. The zero-order chi connectivity index (χ0) is 8.43. The molecule has 0 aromatic carbocycles. The average molecular weight is 178 g/mol. The Balaban J connectivity index is 2.47. The Morgan fingerprint density at radius 1 is 1.82 bits per heavy atom. The van der Waals surface area contributed by atoms with Crippen molar-refractivity contribution in [2.24, 2.45) is 0 Å². The molecule has 1 heterocycles. The number of rotatable bonds is 2. The van der Waals surface area contributed by atoms with Crippen molar-refractivity contribution in [3.05, 3.63) is 0 Å². The van der Waals surface area contributed by atoms with Crippen LogP contribution < -0.4 is 0 Å². The summed E-state index contributed by atoms with van der Waals surface area (Å²) in [5.74, 6) is -1.17. The molecule has 1 amide bonds. The van der Waals surface area contributed by atoms with E-state index in [9.17, 15) is 9.59 Å². The van der Waals surface area contributed by atoms with E-state index in [2.05, 4.69) is 0 Å². The summed E-state index contributed by atoms with van der Waals surface area (Å²) >= 11 is 5.63. The number of carboxylic acid groups (broad SMARTS) is 1. The predicted octanol–water partition coefficient (Wildman–Crippen LogP) is -0.0893. The van der Waals surface area contributed by atoms with Crippen LogP contribution in [0.25, 0.3) is 0 Å². The van der Waals surface area contributed by atoms with Crippen LogP contribution in [-0.4, -0.2) is 40.3 Å². The molecule has 5 heteroatoms. The van der Waals surface area contributed by atoms with Crippen LogP contribution in [0.5, 0.6) is 0 Å². The fourth-order valence-corrected chi connectivity index (χ4v) is 1.34. The van der Waals surface area contributed by atoms with Crippen LogP contribution in [0.4, 0.5) is 0 Å². The first-order chi connectivity index (χ1) is 5.09. The predicted molar refractivity (Wildman–Crippen MR) is 38.5 cm³/mol. The zero-order valence-corrected chi connectivity index (χ0v) is 6.54. The molecule has 1 rings (SSSR count). The maximum Gasteiger partial charge on any atom is 0.323 e. The molecule has 0 saturated carbocycles. The molecule has 11 heavy (non-hydrogen) atoms. The minimum Gasteiger partial charge on any atom is -0.480 e. The van der Waals surface area contributed by atoms with Crippen LogP contribution in [0.3, 0.4) is 0 Å². The number of likely N-dealkylation sites (tertiary alicyclic amines) is 1. The molecule has 62 valence electrons. The summed E-state index contributed by atoms with van der Waals surface area (Å²) in [4.78, 5) is 22.3.